The summed E-state index contributed by atoms with van der Waals surface area (Å²) in [6.45, 7) is 5.73. The lowest BCUT2D eigenvalue weighted by atomic mass is 10.2. The van der Waals surface area contributed by atoms with Crippen molar-refractivity contribution in [2.45, 2.75) is 13.5 Å². The molecule has 1 aliphatic heterocycles. The fourth-order valence-corrected chi connectivity index (χ4v) is 3.36. The van der Waals surface area contributed by atoms with Crippen molar-refractivity contribution in [1.29, 1.82) is 0 Å². The summed E-state index contributed by atoms with van der Waals surface area (Å²) in [6, 6.07) is 14.6. The van der Waals surface area contributed by atoms with Gasteiger partial charge in [0.15, 0.2) is 5.82 Å². The summed E-state index contributed by atoms with van der Waals surface area (Å²) >= 11 is 0. The van der Waals surface area contributed by atoms with Crippen LogP contribution in [0.25, 0.3) is 0 Å². The lowest BCUT2D eigenvalue weighted by Gasteiger charge is -2.28. The molecule has 8 nitrogen and oxygen atoms in total. The molecule has 1 amide bonds. The van der Waals surface area contributed by atoms with Gasteiger partial charge in [0.05, 0.1) is 19.8 Å². The number of nitrogens with one attached hydrogen (secondary N) is 1. The number of anilines is 1. The molecule has 0 saturated carbocycles. The third-order valence-electron chi connectivity index (χ3n) is 4.95. The minimum atomic E-state index is -0.160. The molecule has 1 aliphatic rings. The van der Waals surface area contributed by atoms with Gasteiger partial charge in [0.1, 0.15) is 11.5 Å². The number of aromatic nitrogens is 2. The van der Waals surface area contributed by atoms with Gasteiger partial charge in [-0.05, 0) is 48.9 Å². The van der Waals surface area contributed by atoms with Gasteiger partial charge >= 0.3 is 0 Å². The first kappa shape index (κ1) is 21.6. The second-order valence-electron chi connectivity index (χ2n) is 7.17. The minimum absolute atomic E-state index is 0.160. The predicted molar refractivity (Wildman–Crippen MR) is 120 cm³/mol. The molecule has 0 aliphatic carbocycles. The molecule has 1 N–H and O–H groups in total. The van der Waals surface area contributed by atoms with Crippen LogP contribution >= 0.6 is 0 Å². The second kappa shape index (κ2) is 10.6. The maximum atomic E-state index is 12.5. The normalized spacial score (nSPS) is 13.5. The summed E-state index contributed by atoms with van der Waals surface area (Å²) in [5.41, 5.74) is 1.52. The molecule has 4 rings (SSSR count). The van der Waals surface area contributed by atoms with E-state index < -0.39 is 0 Å². The largest absolute Gasteiger partial charge is 0.494 e. The number of carbonyl (C=O) groups excluding carboxylic acids is 1. The highest BCUT2D eigenvalue weighted by Crippen LogP contribution is 2.28. The van der Waals surface area contributed by atoms with Crippen molar-refractivity contribution in [3.63, 3.8) is 0 Å². The summed E-state index contributed by atoms with van der Waals surface area (Å²) in [5, 5.41) is 2.93. The molecule has 1 aromatic heterocycles. The molecule has 2 heterocycles. The third kappa shape index (κ3) is 5.53. The maximum absolute atomic E-state index is 12.5. The third-order valence-corrected chi connectivity index (χ3v) is 4.95. The van der Waals surface area contributed by atoms with E-state index in [4.69, 9.17) is 14.2 Å². The average molecular weight is 434 g/mol. The predicted octanol–water partition coefficient (Wildman–Crippen LogP) is 3.43. The van der Waals surface area contributed by atoms with E-state index in [-0.39, 0.29) is 5.91 Å². The van der Waals surface area contributed by atoms with Gasteiger partial charge in [-0.15, -0.1) is 0 Å². The van der Waals surface area contributed by atoms with E-state index in [0.29, 0.717) is 49.4 Å². The van der Waals surface area contributed by atoms with Crippen LogP contribution in [0.1, 0.15) is 22.8 Å². The summed E-state index contributed by atoms with van der Waals surface area (Å²) in [6.07, 6.45) is 3.25. The Bertz CT molecular complexity index is 1040. The van der Waals surface area contributed by atoms with Crippen LogP contribution in [-0.4, -0.2) is 48.8 Å². The number of hydrogen-bond acceptors (Lipinski definition) is 7. The molecule has 0 atom stereocenters. The Labute approximate surface area is 187 Å². The van der Waals surface area contributed by atoms with Crippen molar-refractivity contribution in [3.05, 3.63) is 72.1 Å². The van der Waals surface area contributed by atoms with Crippen LogP contribution in [0.2, 0.25) is 0 Å². The van der Waals surface area contributed by atoms with Gasteiger partial charge in [-0.1, -0.05) is 12.1 Å². The average Bonchev–Trinajstić information content (AvgIpc) is 2.84. The number of rotatable bonds is 8. The lowest BCUT2D eigenvalue weighted by Crippen LogP contribution is -2.37. The zero-order chi connectivity index (χ0) is 22.2. The quantitative estimate of drug-likeness (QED) is 0.581. The Hall–Kier alpha value is -3.65. The molecule has 3 aromatic rings. The second-order valence-corrected chi connectivity index (χ2v) is 7.17. The molecule has 1 saturated heterocycles. The summed E-state index contributed by atoms with van der Waals surface area (Å²) < 4.78 is 16.9. The van der Waals surface area contributed by atoms with Gasteiger partial charge in [0.25, 0.3) is 11.8 Å². The Kier molecular flexibility index (Phi) is 7.14. The Morgan fingerprint density at radius 1 is 1.06 bits per heavy atom. The van der Waals surface area contributed by atoms with Gasteiger partial charge in [0, 0.05) is 37.6 Å². The number of benzene rings is 2. The standard InChI is InChI=1S/C24H26N4O4/c1-2-31-21-5-3-4-18(16-21)17-27-23(29)19-6-8-20(9-7-19)32-24-22(25-10-11-26-24)28-12-14-30-15-13-28/h3-11,16H,2,12-15,17H2,1H3,(H,27,29). The zero-order valence-corrected chi connectivity index (χ0v) is 18.0. The highest BCUT2D eigenvalue weighted by atomic mass is 16.5. The van der Waals surface area contributed by atoms with Crippen LogP contribution in [-0.2, 0) is 11.3 Å². The number of nitrogens with zero attached hydrogens (tertiary/aromatic N) is 3. The molecule has 166 valence electrons. The van der Waals surface area contributed by atoms with Crippen molar-refractivity contribution in [2.75, 3.05) is 37.8 Å². The summed E-state index contributed by atoms with van der Waals surface area (Å²) in [7, 11) is 0. The fraction of sp³-hybridized carbons (Fsp3) is 0.292. The van der Waals surface area contributed by atoms with Gasteiger partial charge in [0.2, 0.25) is 0 Å². The van der Waals surface area contributed by atoms with Crippen LogP contribution in [0.15, 0.2) is 60.9 Å². The smallest absolute Gasteiger partial charge is 0.263 e. The van der Waals surface area contributed by atoms with Gasteiger partial charge in [-0.3, -0.25) is 4.79 Å². The Balaban J connectivity index is 1.37. The van der Waals surface area contributed by atoms with Crippen molar-refractivity contribution in [2.24, 2.45) is 0 Å². The van der Waals surface area contributed by atoms with E-state index in [0.717, 1.165) is 24.4 Å². The molecule has 0 unspecified atom stereocenters. The van der Waals surface area contributed by atoms with E-state index in [1.54, 1.807) is 36.7 Å². The van der Waals surface area contributed by atoms with Crippen LogP contribution < -0.4 is 19.7 Å². The minimum Gasteiger partial charge on any atom is -0.494 e. The van der Waals surface area contributed by atoms with Crippen molar-refractivity contribution < 1.29 is 19.0 Å². The molecule has 2 aromatic carbocycles. The number of morpholine rings is 1. The van der Waals surface area contributed by atoms with Gasteiger partial charge in [-0.25, -0.2) is 9.97 Å². The van der Waals surface area contributed by atoms with E-state index in [1.807, 2.05) is 31.2 Å². The van der Waals surface area contributed by atoms with Gasteiger partial charge in [-0.2, -0.15) is 0 Å². The molecule has 0 spiro atoms. The van der Waals surface area contributed by atoms with Crippen LogP contribution in [0.5, 0.6) is 17.4 Å². The highest BCUT2D eigenvalue weighted by molar-refractivity contribution is 5.94. The summed E-state index contributed by atoms with van der Waals surface area (Å²) in [4.78, 5) is 23.4. The highest BCUT2D eigenvalue weighted by Gasteiger charge is 2.18. The zero-order valence-electron chi connectivity index (χ0n) is 18.0. The summed E-state index contributed by atoms with van der Waals surface area (Å²) in [5.74, 6) is 2.33. The molecule has 32 heavy (non-hydrogen) atoms. The van der Waals surface area contributed by atoms with Gasteiger partial charge < -0.3 is 24.4 Å². The number of amides is 1. The number of carbonyl (C=O) groups is 1. The van der Waals surface area contributed by atoms with Crippen molar-refractivity contribution in [3.8, 4) is 17.4 Å². The molecule has 0 radical (unpaired) electrons. The van der Waals surface area contributed by atoms with Crippen molar-refractivity contribution in [1.82, 2.24) is 15.3 Å². The van der Waals surface area contributed by atoms with Crippen LogP contribution in [0, 0.1) is 0 Å². The lowest BCUT2D eigenvalue weighted by molar-refractivity contribution is 0.0951. The number of hydrogen-bond donors (Lipinski definition) is 1. The van der Waals surface area contributed by atoms with E-state index >= 15 is 0 Å². The van der Waals surface area contributed by atoms with E-state index in [2.05, 4.69) is 20.2 Å². The van der Waals surface area contributed by atoms with Crippen LogP contribution in [0.3, 0.4) is 0 Å². The fourth-order valence-electron chi connectivity index (χ4n) is 3.36. The Morgan fingerprint density at radius 3 is 2.62 bits per heavy atom. The molecule has 0 bridgehead atoms. The maximum Gasteiger partial charge on any atom is 0.263 e. The van der Waals surface area contributed by atoms with Crippen molar-refractivity contribution >= 4 is 11.7 Å². The Morgan fingerprint density at radius 2 is 1.84 bits per heavy atom. The first-order valence-electron chi connectivity index (χ1n) is 10.6. The van der Waals surface area contributed by atoms with E-state index in [9.17, 15) is 4.79 Å². The first-order chi connectivity index (χ1) is 15.7. The SMILES string of the molecule is CCOc1cccc(CNC(=O)c2ccc(Oc3nccnc3N3CCOCC3)cc2)c1. The monoisotopic (exact) mass is 434 g/mol. The molecular formula is C24H26N4O4. The molecular weight excluding hydrogens is 408 g/mol. The first-order valence-corrected chi connectivity index (χ1v) is 10.6. The topological polar surface area (TPSA) is 85.8 Å². The van der Waals surface area contributed by atoms with Crippen LogP contribution in [0.4, 0.5) is 5.82 Å². The molecule has 8 heteroatoms. The molecule has 1 fully saturated rings. The number of ether oxygens (including phenoxy) is 3. The van der Waals surface area contributed by atoms with E-state index in [1.165, 1.54) is 0 Å².